The van der Waals surface area contributed by atoms with Gasteiger partial charge in [-0.05, 0) is 30.7 Å². The number of methoxy groups -OCH3 is 1. The Morgan fingerprint density at radius 1 is 1.21 bits per heavy atom. The van der Waals surface area contributed by atoms with E-state index < -0.39 is 12.1 Å². The highest BCUT2D eigenvalue weighted by Gasteiger charge is 2.14. The van der Waals surface area contributed by atoms with E-state index in [2.05, 4.69) is 10.6 Å². The molecule has 0 aliphatic heterocycles. The van der Waals surface area contributed by atoms with Gasteiger partial charge in [-0.3, -0.25) is 4.79 Å². The number of halogens is 2. The Labute approximate surface area is 174 Å². The molecule has 0 amide bonds. The normalized spacial score (nSPS) is 13.0. The van der Waals surface area contributed by atoms with E-state index >= 15 is 0 Å². The van der Waals surface area contributed by atoms with E-state index in [0.717, 1.165) is 5.56 Å². The number of carboxylic acids is 1. The number of benzene rings is 2. The average molecular weight is 427 g/mol. The van der Waals surface area contributed by atoms with Gasteiger partial charge in [0, 0.05) is 35.8 Å². The molecule has 0 heterocycles. The minimum Gasteiger partial charge on any atom is -0.496 e. The fraction of sp³-hybridized carbons (Fsp3) is 0.350. The van der Waals surface area contributed by atoms with Crippen LogP contribution in [0.2, 0.25) is 10.0 Å². The second-order valence-electron chi connectivity index (χ2n) is 6.48. The van der Waals surface area contributed by atoms with E-state index in [1.807, 2.05) is 13.0 Å². The van der Waals surface area contributed by atoms with Crippen LogP contribution < -0.4 is 15.4 Å². The largest absolute Gasteiger partial charge is 0.496 e. The Bertz CT molecular complexity index is 817. The van der Waals surface area contributed by atoms with Crippen molar-refractivity contribution in [2.75, 3.05) is 25.5 Å². The first-order valence-electron chi connectivity index (χ1n) is 8.79. The molecule has 4 N–H and O–H groups in total. The molecule has 0 aliphatic carbocycles. The van der Waals surface area contributed by atoms with Crippen molar-refractivity contribution in [2.24, 2.45) is 0 Å². The lowest BCUT2D eigenvalue weighted by Crippen LogP contribution is -2.35. The van der Waals surface area contributed by atoms with Gasteiger partial charge >= 0.3 is 5.97 Å². The summed E-state index contributed by atoms with van der Waals surface area (Å²) in [7, 11) is 1.49. The van der Waals surface area contributed by atoms with Gasteiger partial charge in [-0.2, -0.15) is 0 Å². The van der Waals surface area contributed by atoms with Crippen molar-refractivity contribution < 1.29 is 19.7 Å². The topological polar surface area (TPSA) is 90.8 Å². The van der Waals surface area contributed by atoms with Crippen molar-refractivity contribution in [3.8, 4) is 5.75 Å². The number of hydrogen-bond donors (Lipinski definition) is 4. The third-order valence-electron chi connectivity index (χ3n) is 4.20. The van der Waals surface area contributed by atoms with Crippen LogP contribution in [0.4, 0.5) is 5.69 Å². The fourth-order valence-electron chi connectivity index (χ4n) is 2.70. The first kappa shape index (κ1) is 22.3. The molecular weight excluding hydrogens is 403 g/mol. The number of aliphatic carboxylic acids is 1. The zero-order chi connectivity index (χ0) is 20.7. The molecule has 0 bridgehead atoms. The van der Waals surface area contributed by atoms with Crippen molar-refractivity contribution in [3.05, 3.63) is 57.6 Å². The summed E-state index contributed by atoms with van der Waals surface area (Å²) in [5, 5.41) is 26.7. The molecule has 0 saturated carbocycles. The fourth-order valence-corrected chi connectivity index (χ4v) is 3.15. The lowest BCUT2D eigenvalue weighted by atomic mass is 10.1. The van der Waals surface area contributed by atoms with Crippen LogP contribution in [0.15, 0.2) is 36.4 Å². The predicted molar refractivity (Wildman–Crippen MR) is 112 cm³/mol. The van der Waals surface area contributed by atoms with Crippen LogP contribution in [0.25, 0.3) is 0 Å². The van der Waals surface area contributed by atoms with Crippen molar-refractivity contribution >= 4 is 34.9 Å². The van der Waals surface area contributed by atoms with Gasteiger partial charge in [-0.25, -0.2) is 0 Å². The molecule has 8 heteroatoms. The van der Waals surface area contributed by atoms with Crippen LogP contribution in [-0.2, 0) is 11.2 Å². The number of ether oxygens (including phenoxy) is 1. The summed E-state index contributed by atoms with van der Waals surface area (Å²) >= 11 is 12.2. The van der Waals surface area contributed by atoms with Crippen LogP contribution in [-0.4, -0.2) is 42.4 Å². The number of anilines is 1. The maximum atomic E-state index is 10.9. The molecule has 28 heavy (non-hydrogen) atoms. The molecule has 0 aromatic heterocycles. The summed E-state index contributed by atoms with van der Waals surface area (Å²) in [6.45, 7) is 2.89. The van der Waals surface area contributed by atoms with Crippen LogP contribution in [0, 0.1) is 0 Å². The van der Waals surface area contributed by atoms with E-state index in [4.69, 9.17) is 33.0 Å². The van der Waals surface area contributed by atoms with Gasteiger partial charge in [-0.1, -0.05) is 35.3 Å². The lowest BCUT2D eigenvalue weighted by Gasteiger charge is -2.20. The van der Waals surface area contributed by atoms with Gasteiger partial charge < -0.3 is 25.6 Å². The number of carboxylic acid groups (broad SMARTS) is 1. The Morgan fingerprint density at radius 2 is 1.96 bits per heavy atom. The molecule has 0 radical (unpaired) electrons. The van der Waals surface area contributed by atoms with Crippen LogP contribution in [0.1, 0.15) is 24.2 Å². The van der Waals surface area contributed by atoms with E-state index in [0.29, 0.717) is 40.1 Å². The Balaban J connectivity index is 1.91. The molecule has 2 atom stereocenters. The summed E-state index contributed by atoms with van der Waals surface area (Å²) in [6, 6.07) is 10.4. The maximum Gasteiger partial charge on any atom is 0.307 e. The Kier molecular flexibility index (Phi) is 8.38. The molecule has 0 saturated heterocycles. The zero-order valence-electron chi connectivity index (χ0n) is 15.7. The number of rotatable bonds is 10. The molecule has 0 spiro atoms. The summed E-state index contributed by atoms with van der Waals surface area (Å²) in [5.74, 6) is -0.488. The monoisotopic (exact) mass is 426 g/mol. The van der Waals surface area contributed by atoms with E-state index in [1.54, 1.807) is 30.3 Å². The molecule has 2 aromatic rings. The second kappa shape index (κ2) is 10.5. The smallest absolute Gasteiger partial charge is 0.307 e. The van der Waals surface area contributed by atoms with Gasteiger partial charge in [0.25, 0.3) is 0 Å². The van der Waals surface area contributed by atoms with Crippen molar-refractivity contribution in [2.45, 2.75) is 25.5 Å². The first-order chi connectivity index (χ1) is 13.3. The van der Waals surface area contributed by atoms with Gasteiger partial charge in [0.15, 0.2) is 0 Å². The van der Waals surface area contributed by atoms with Gasteiger partial charge in [-0.15, -0.1) is 0 Å². The maximum absolute atomic E-state index is 10.9. The molecule has 2 rings (SSSR count). The average Bonchev–Trinajstić information content (AvgIpc) is 2.65. The van der Waals surface area contributed by atoms with E-state index in [9.17, 15) is 9.90 Å². The lowest BCUT2D eigenvalue weighted by molar-refractivity contribution is -0.136. The molecular formula is C20H24Cl2N2O4. The van der Waals surface area contributed by atoms with E-state index in [1.165, 1.54) is 7.11 Å². The number of nitrogens with one attached hydrogen (secondary N) is 2. The van der Waals surface area contributed by atoms with Crippen molar-refractivity contribution in [3.63, 3.8) is 0 Å². The summed E-state index contributed by atoms with van der Waals surface area (Å²) < 4.78 is 5.26. The Hall–Kier alpha value is -1.99. The first-order valence-corrected chi connectivity index (χ1v) is 9.54. The highest BCUT2D eigenvalue weighted by atomic mass is 35.5. The van der Waals surface area contributed by atoms with Gasteiger partial charge in [0.2, 0.25) is 0 Å². The van der Waals surface area contributed by atoms with Crippen LogP contribution in [0.3, 0.4) is 0 Å². The molecule has 0 aliphatic rings. The van der Waals surface area contributed by atoms with E-state index in [-0.39, 0.29) is 12.5 Å². The third-order valence-corrected chi connectivity index (χ3v) is 4.75. The predicted octanol–water partition coefficient (Wildman–Crippen LogP) is 3.75. The van der Waals surface area contributed by atoms with Crippen molar-refractivity contribution in [1.82, 2.24) is 5.32 Å². The number of aliphatic hydroxyl groups is 1. The molecule has 152 valence electrons. The van der Waals surface area contributed by atoms with Crippen molar-refractivity contribution in [1.29, 1.82) is 0 Å². The minimum absolute atomic E-state index is 0.0367. The molecule has 6 nitrogen and oxygen atoms in total. The third kappa shape index (κ3) is 6.56. The SMILES string of the molecule is COc1cc(NCC(C)NCC(O)c2cccc(Cl)c2)c(Cl)cc1CC(=O)O. The molecule has 2 unspecified atom stereocenters. The number of aliphatic hydroxyl groups excluding tert-OH is 1. The minimum atomic E-state index is -0.953. The van der Waals surface area contributed by atoms with Gasteiger partial charge in [0.05, 0.1) is 30.3 Å². The highest BCUT2D eigenvalue weighted by Crippen LogP contribution is 2.31. The van der Waals surface area contributed by atoms with Gasteiger partial charge in [0.1, 0.15) is 5.75 Å². The zero-order valence-corrected chi connectivity index (χ0v) is 17.2. The highest BCUT2D eigenvalue weighted by molar-refractivity contribution is 6.33. The standard InChI is InChI=1S/C20H24Cl2N2O4/c1-12(23-11-18(25)13-4-3-5-15(21)6-13)10-24-17-9-19(28-2)14(7-16(17)22)8-20(26)27/h3-7,9,12,18,23-25H,8,10-11H2,1-2H3,(H,26,27). The second-order valence-corrected chi connectivity index (χ2v) is 7.32. The number of hydrogen-bond acceptors (Lipinski definition) is 5. The summed E-state index contributed by atoms with van der Waals surface area (Å²) in [5.41, 5.74) is 1.92. The quantitative estimate of drug-likeness (QED) is 0.462. The Morgan fingerprint density at radius 3 is 2.61 bits per heavy atom. The summed E-state index contributed by atoms with van der Waals surface area (Å²) in [4.78, 5) is 10.9. The molecule has 2 aromatic carbocycles. The number of carbonyl (C=O) groups is 1. The summed E-state index contributed by atoms with van der Waals surface area (Å²) in [6.07, 6.45) is -0.831. The van der Waals surface area contributed by atoms with Crippen LogP contribution >= 0.6 is 23.2 Å². The molecule has 0 fully saturated rings. The van der Waals surface area contributed by atoms with Crippen LogP contribution in [0.5, 0.6) is 5.75 Å².